The molecule has 74 valence electrons. The van der Waals surface area contributed by atoms with E-state index >= 15 is 0 Å². The molecule has 1 aliphatic rings. The van der Waals surface area contributed by atoms with Crippen LogP contribution in [0.2, 0.25) is 0 Å². The topological polar surface area (TPSA) is 52.3 Å². The summed E-state index contributed by atoms with van der Waals surface area (Å²) in [6.07, 6.45) is 0.143. The van der Waals surface area contributed by atoms with Crippen LogP contribution in [-0.4, -0.2) is 18.9 Å². The van der Waals surface area contributed by atoms with E-state index in [1.165, 1.54) is 7.11 Å². The zero-order chi connectivity index (χ0) is 10.1. The van der Waals surface area contributed by atoms with Crippen LogP contribution in [0.3, 0.4) is 0 Å². The van der Waals surface area contributed by atoms with Crippen molar-refractivity contribution < 1.29 is 9.53 Å². The summed E-state index contributed by atoms with van der Waals surface area (Å²) in [6, 6.07) is 7.36. The predicted octanol–water partition coefficient (Wildman–Crippen LogP) is 0.827. The minimum atomic E-state index is -0.477. The molecule has 0 aliphatic heterocycles. The van der Waals surface area contributed by atoms with E-state index < -0.39 is 12.1 Å². The van der Waals surface area contributed by atoms with E-state index in [0.717, 1.165) is 11.1 Å². The lowest BCUT2D eigenvalue weighted by molar-refractivity contribution is -0.131. The number of hydrogen-bond donors (Lipinski definition) is 1. The minimum absolute atomic E-state index is 0.0220. The Kier molecular flexibility index (Phi) is 2.35. The van der Waals surface area contributed by atoms with Gasteiger partial charge >= 0.3 is 0 Å². The summed E-state index contributed by atoms with van der Waals surface area (Å²) in [5.41, 5.74) is 7.81. The Morgan fingerprint density at radius 1 is 1.43 bits per heavy atom. The Hall–Kier alpha value is -1.19. The molecule has 1 aromatic rings. The van der Waals surface area contributed by atoms with Crippen LogP contribution in [0.5, 0.6) is 0 Å². The van der Waals surface area contributed by atoms with Crippen LogP contribution in [-0.2, 0) is 16.0 Å². The maximum Gasteiger partial charge on any atom is 0.183 e. The summed E-state index contributed by atoms with van der Waals surface area (Å²) < 4.78 is 5.17. The van der Waals surface area contributed by atoms with E-state index in [-0.39, 0.29) is 5.78 Å². The quantitative estimate of drug-likeness (QED) is 0.715. The molecule has 1 aromatic carbocycles. The number of ether oxygens (including phenoxy) is 1. The van der Waals surface area contributed by atoms with Crippen molar-refractivity contribution in [3.63, 3.8) is 0 Å². The van der Waals surface area contributed by atoms with Gasteiger partial charge in [-0.3, -0.25) is 4.79 Å². The molecule has 3 nitrogen and oxygen atoms in total. The van der Waals surface area contributed by atoms with E-state index in [4.69, 9.17) is 10.5 Å². The fourth-order valence-electron chi connectivity index (χ4n) is 1.90. The highest BCUT2D eigenvalue weighted by molar-refractivity contribution is 5.91. The van der Waals surface area contributed by atoms with Gasteiger partial charge in [-0.1, -0.05) is 24.3 Å². The molecule has 2 rings (SSSR count). The van der Waals surface area contributed by atoms with Gasteiger partial charge in [0.15, 0.2) is 5.78 Å². The summed E-state index contributed by atoms with van der Waals surface area (Å²) in [5, 5.41) is 0. The standard InChI is InChI=1S/C11H13NO2/c1-14-11-8-5-3-2-4-7(8)6-9(12)10(11)13/h2-5,9,11H,6,12H2,1H3/t9-,11-/m1/s1. The van der Waals surface area contributed by atoms with Gasteiger partial charge in [0, 0.05) is 7.11 Å². The van der Waals surface area contributed by atoms with Crippen molar-refractivity contribution in [1.82, 2.24) is 0 Å². The monoisotopic (exact) mass is 191 g/mol. The molecule has 0 unspecified atom stereocenters. The van der Waals surface area contributed by atoms with Gasteiger partial charge in [0.1, 0.15) is 6.10 Å². The van der Waals surface area contributed by atoms with Gasteiger partial charge in [0.2, 0.25) is 0 Å². The Morgan fingerprint density at radius 2 is 2.14 bits per heavy atom. The number of nitrogens with two attached hydrogens (primary N) is 1. The van der Waals surface area contributed by atoms with Crippen molar-refractivity contribution >= 4 is 5.78 Å². The van der Waals surface area contributed by atoms with Gasteiger partial charge in [-0.15, -0.1) is 0 Å². The van der Waals surface area contributed by atoms with Crippen LogP contribution < -0.4 is 5.73 Å². The zero-order valence-electron chi connectivity index (χ0n) is 8.07. The molecule has 0 amide bonds. The summed E-state index contributed by atoms with van der Waals surface area (Å²) in [6.45, 7) is 0. The summed E-state index contributed by atoms with van der Waals surface area (Å²) >= 11 is 0. The normalized spacial score (nSPS) is 26.0. The summed E-state index contributed by atoms with van der Waals surface area (Å²) in [5.74, 6) is -0.0220. The number of benzene rings is 1. The van der Waals surface area contributed by atoms with Crippen LogP contribution in [0.1, 0.15) is 17.2 Å². The van der Waals surface area contributed by atoms with Crippen molar-refractivity contribution in [2.24, 2.45) is 5.73 Å². The number of hydrogen-bond acceptors (Lipinski definition) is 3. The second kappa shape index (κ2) is 3.52. The summed E-state index contributed by atoms with van der Waals surface area (Å²) in [4.78, 5) is 11.7. The van der Waals surface area contributed by atoms with Crippen molar-refractivity contribution in [3.8, 4) is 0 Å². The third-order valence-electron chi connectivity index (χ3n) is 2.64. The maximum absolute atomic E-state index is 11.7. The van der Waals surface area contributed by atoms with Crippen LogP contribution in [0.25, 0.3) is 0 Å². The molecule has 14 heavy (non-hydrogen) atoms. The van der Waals surface area contributed by atoms with Gasteiger partial charge in [0.25, 0.3) is 0 Å². The molecule has 1 aliphatic carbocycles. The number of Topliss-reactive ketones (excluding diaryl/α,β-unsaturated/α-hetero) is 1. The van der Waals surface area contributed by atoms with Crippen LogP contribution in [0, 0.1) is 0 Å². The molecule has 0 heterocycles. The first-order valence-electron chi connectivity index (χ1n) is 4.64. The smallest absolute Gasteiger partial charge is 0.183 e. The van der Waals surface area contributed by atoms with Gasteiger partial charge in [-0.05, 0) is 17.5 Å². The zero-order valence-corrected chi connectivity index (χ0v) is 8.07. The molecule has 0 fully saturated rings. The van der Waals surface area contributed by atoms with Gasteiger partial charge < -0.3 is 10.5 Å². The average molecular weight is 191 g/mol. The Morgan fingerprint density at radius 3 is 2.86 bits per heavy atom. The lowest BCUT2D eigenvalue weighted by atomic mass is 9.85. The highest BCUT2D eigenvalue weighted by atomic mass is 16.5. The molecule has 0 radical (unpaired) electrons. The molecular weight excluding hydrogens is 178 g/mol. The number of carbonyl (C=O) groups excluding carboxylic acids is 1. The van der Waals surface area contributed by atoms with Crippen LogP contribution >= 0.6 is 0 Å². The molecule has 0 saturated carbocycles. The van der Waals surface area contributed by atoms with Gasteiger partial charge in [-0.2, -0.15) is 0 Å². The first kappa shape index (κ1) is 9.37. The third kappa shape index (κ3) is 1.35. The maximum atomic E-state index is 11.7. The van der Waals surface area contributed by atoms with Crippen LogP contribution in [0.4, 0.5) is 0 Å². The van der Waals surface area contributed by atoms with Crippen molar-refractivity contribution in [1.29, 1.82) is 0 Å². The molecule has 0 aromatic heterocycles. The number of carbonyl (C=O) groups is 1. The minimum Gasteiger partial charge on any atom is -0.369 e. The molecular formula is C11H13NO2. The van der Waals surface area contributed by atoms with Gasteiger partial charge in [0.05, 0.1) is 6.04 Å². The van der Waals surface area contributed by atoms with Crippen molar-refractivity contribution in [2.75, 3.05) is 7.11 Å². The molecule has 0 bridgehead atoms. The van der Waals surface area contributed by atoms with Crippen molar-refractivity contribution in [3.05, 3.63) is 35.4 Å². The van der Waals surface area contributed by atoms with E-state index in [0.29, 0.717) is 6.42 Å². The van der Waals surface area contributed by atoms with Crippen molar-refractivity contribution in [2.45, 2.75) is 18.6 Å². The number of rotatable bonds is 1. The van der Waals surface area contributed by atoms with E-state index in [9.17, 15) is 4.79 Å². The van der Waals surface area contributed by atoms with E-state index in [1.807, 2.05) is 24.3 Å². The first-order chi connectivity index (χ1) is 6.74. The SMILES string of the molecule is CO[C@H]1C(=O)[C@H](N)Cc2ccccc21. The highest BCUT2D eigenvalue weighted by Crippen LogP contribution is 2.28. The largest absolute Gasteiger partial charge is 0.369 e. The fourth-order valence-corrected chi connectivity index (χ4v) is 1.90. The molecule has 2 atom stereocenters. The number of ketones is 1. The fraction of sp³-hybridized carbons (Fsp3) is 0.364. The lowest BCUT2D eigenvalue weighted by Gasteiger charge is -2.27. The van der Waals surface area contributed by atoms with E-state index in [1.54, 1.807) is 0 Å². The van der Waals surface area contributed by atoms with E-state index in [2.05, 4.69) is 0 Å². The predicted molar refractivity (Wildman–Crippen MR) is 52.9 cm³/mol. The highest BCUT2D eigenvalue weighted by Gasteiger charge is 2.32. The Labute approximate surface area is 82.9 Å². The second-order valence-corrected chi connectivity index (χ2v) is 3.53. The second-order valence-electron chi connectivity index (χ2n) is 3.53. The Balaban J connectivity index is 2.47. The Bertz CT molecular complexity index is 362. The number of fused-ring (bicyclic) bond motifs is 1. The number of methoxy groups -OCH3 is 1. The first-order valence-corrected chi connectivity index (χ1v) is 4.64. The van der Waals surface area contributed by atoms with Crippen LogP contribution in [0.15, 0.2) is 24.3 Å². The molecule has 0 saturated heterocycles. The third-order valence-corrected chi connectivity index (χ3v) is 2.64. The summed E-state index contributed by atoms with van der Waals surface area (Å²) in [7, 11) is 1.54. The molecule has 2 N–H and O–H groups in total. The lowest BCUT2D eigenvalue weighted by Crippen LogP contribution is -2.41. The average Bonchev–Trinajstić information content (AvgIpc) is 2.20. The molecule has 0 spiro atoms. The molecule has 3 heteroatoms. The van der Waals surface area contributed by atoms with Gasteiger partial charge in [-0.25, -0.2) is 0 Å².